The maximum atomic E-state index is 12.6. The van der Waals surface area contributed by atoms with Gasteiger partial charge in [0, 0.05) is 12.5 Å². The van der Waals surface area contributed by atoms with Crippen LogP contribution in [-0.4, -0.2) is 27.2 Å². The zero-order valence-corrected chi connectivity index (χ0v) is 15.5. The predicted molar refractivity (Wildman–Crippen MR) is 101 cm³/mol. The summed E-state index contributed by atoms with van der Waals surface area (Å²) in [6, 6.07) is 11.5. The van der Waals surface area contributed by atoms with Crippen molar-refractivity contribution in [3.8, 4) is 17.2 Å². The fourth-order valence-electron chi connectivity index (χ4n) is 3.57. The van der Waals surface area contributed by atoms with E-state index < -0.39 is 0 Å². The molecule has 2 aromatic rings. The van der Waals surface area contributed by atoms with Crippen LogP contribution in [0.25, 0.3) is 0 Å². The van der Waals surface area contributed by atoms with Crippen LogP contribution in [0.1, 0.15) is 36.3 Å². The van der Waals surface area contributed by atoms with Crippen molar-refractivity contribution in [2.75, 3.05) is 26.6 Å². The molecule has 138 valence electrons. The Hall–Kier alpha value is -2.69. The number of ether oxygens (including phenoxy) is 3. The number of hydrogen-bond acceptors (Lipinski definition) is 4. The molecule has 0 saturated heterocycles. The quantitative estimate of drug-likeness (QED) is 0.845. The van der Waals surface area contributed by atoms with Gasteiger partial charge in [0.1, 0.15) is 17.2 Å². The highest BCUT2D eigenvalue weighted by atomic mass is 16.5. The third kappa shape index (κ3) is 3.93. The van der Waals surface area contributed by atoms with Crippen molar-refractivity contribution in [2.45, 2.75) is 31.6 Å². The molecule has 3 rings (SSSR count). The Morgan fingerprint density at radius 1 is 1.04 bits per heavy atom. The van der Waals surface area contributed by atoms with Gasteiger partial charge < -0.3 is 19.5 Å². The summed E-state index contributed by atoms with van der Waals surface area (Å²) >= 11 is 0. The first-order valence-corrected chi connectivity index (χ1v) is 8.83. The summed E-state index contributed by atoms with van der Waals surface area (Å²) in [5.74, 6) is 2.37. The summed E-state index contributed by atoms with van der Waals surface area (Å²) in [6.45, 7) is 0. The van der Waals surface area contributed by atoms with Crippen molar-refractivity contribution >= 4 is 11.6 Å². The van der Waals surface area contributed by atoms with E-state index >= 15 is 0 Å². The number of fused-ring (bicyclic) bond motifs is 1. The molecule has 5 nitrogen and oxygen atoms in total. The highest BCUT2D eigenvalue weighted by molar-refractivity contribution is 5.93. The molecule has 0 heterocycles. The molecule has 1 atom stereocenters. The summed E-state index contributed by atoms with van der Waals surface area (Å²) in [5, 5.41) is 2.97. The first kappa shape index (κ1) is 18.1. The fourth-order valence-corrected chi connectivity index (χ4v) is 3.57. The number of carbonyl (C=O) groups is 1. The average molecular weight is 355 g/mol. The number of benzene rings is 2. The maximum absolute atomic E-state index is 12.6. The van der Waals surface area contributed by atoms with Gasteiger partial charge in [-0.15, -0.1) is 0 Å². The number of aryl methyl sites for hydroxylation is 1. The van der Waals surface area contributed by atoms with Crippen molar-refractivity contribution in [2.24, 2.45) is 0 Å². The number of rotatable bonds is 6. The standard InChI is InChI=1S/C21H25NO4/c1-24-16-7-9-18-14(11-16)5-4-6-15(18)12-21(23)22-19-13-17(25-2)8-10-20(19)26-3/h7-11,13,15H,4-6,12H2,1-3H3,(H,22,23). The molecule has 1 amide bonds. The number of methoxy groups -OCH3 is 3. The smallest absolute Gasteiger partial charge is 0.225 e. The van der Waals surface area contributed by atoms with E-state index in [1.807, 2.05) is 6.07 Å². The van der Waals surface area contributed by atoms with Gasteiger partial charge in [-0.2, -0.15) is 0 Å². The summed E-state index contributed by atoms with van der Waals surface area (Å²) in [7, 11) is 4.86. The van der Waals surface area contributed by atoms with Gasteiger partial charge in [-0.1, -0.05) is 6.07 Å². The molecule has 1 aliphatic rings. The fraction of sp³-hybridized carbons (Fsp3) is 0.381. The zero-order valence-electron chi connectivity index (χ0n) is 15.5. The Balaban J connectivity index is 1.74. The summed E-state index contributed by atoms with van der Waals surface area (Å²) in [5.41, 5.74) is 3.17. The highest BCUT2D eigenvalue weighted by Gasteiger charge is 2.23. The lowest BCUT2D eigenvalue weighted by molar-refractivity contribution is -0.116. The zero-order chi connectivity index (χ0) is 18.5. The van der Waals surface area contributed by atoms with Gasteiger partial charge in [-0.25, -0.2) is 0 Å². The van der Waals surface area contributed by atoms with Crippen LogP contribution in [0, 0.1) is 0 Å². The molecule has 0 aromatic heterocycles. The monoisotopic (exact) mass is 355 g/mol. The van der Waals surface area contributed by atoms with Crippen LogP contribution < -0.4 is 19.5 Å². The molecule has 0 bridgehead atoms. The van der Waals surface area contributed by atoms with Crippen molar-refractivity contribution in [3.63, 3.8) is 0 Å². The Kier molecular flexibility index (Phi) is 5.66. The van der Waals surface area contributed by atoms with E-state index in [1.165, 1.54) is 11.1 Å². The van der Waals surface area contributed by atoms with Crippen LogP contribution in [0.2, 0.25) is 0 Å². The normalized spacial score (nSPS) is 15.7. The predicted octanol–water partition coefficient (Wildman–Crippen LogP) is 4.16. The van der Waals surface area contributed by atoms with Gasteiger partial charge in [0.15, 0.2) is 0 Å². The van der Waals surface area contributed by atoms with Crippen LogP contribution >= 0.6 is 0 Å². The van der Waals surface area contributed by atoms with Crippen molar-refractivity contribution in [3.05, 3.63) is 47.5 Å². The average Bonchev–Trinajstić information content (AvgIpc) is 2.67. The Morgan fingerprint density at radius 2 is 1.77 bits per heavy atom. The third-order valence-corrected chi connectivity index (χ3v) is 4.90. The summed E-state index contributed by atoms with van der Waals surface area (Å²) in [4.78, 5) is 12.6. The van der Waals surface area contributed by atoms with Crippen LogP contribution in [0.4, 0.5) is 5.69 Å². The molecule has 0 fully saturated rings. The van der Waals surface area contributed by atoms with E-state index in [4.69, 9.17) is 14.2 Å². The Bertz CT molecular complexity index is 788. The third-order valence-electron chi connectivity index (χ3n) is 4.90. The van der Waals surface area contributed by atoms with Gasteiger partial charge >= 0.3 is 0 Å². The SMILES string of the molecule is COc1ccc2c(c1)CCCC2CC(=O)Nc1cc(OC)ccc1OC. The minimum absolute atomic E-state index is 0.0229. The van der Waals surface area contributed by atoms with Gasteiger partial charge in [0.2, 0.25) is 5.91 Å². The van der Waals surface area contributed by atoms with Gasteiger partial charge in [0.25, 0.3) is 0 Å². The number of carbonyl (C=O) groups excluding carboxylic acids is 1. The van der Waals surface area contributed by atoms with Crippen LogP contribution in [-0.2, 0) is 11.2 Å². The maximum Gasteiger partial charge on any atom is 0.225 e. The summed E-state index contributed by atoms with van der Waals surface area (Å²) < 4.78 is 15.9. The van der Waals surface area contributed by atoms with E-state index in [1.54, 1.807) is 39.5 Å². The second-order valence-electron chi connectivity index (χ2n) is 6.47. The number of amides is 1. The number of nitrogens with one attached hydrogen (secondary N) is 1. The van der Waals surface area contributed by atoms with E-state index in [0.717, 1.165) is 25.0 Å². The molecule has 26 heavy (non-hydrogen) atoms. The first-order chi connectivity index (χ1) is 12.6. The Labute approximate surface area is 154 Å². The van der Waals surface area contributed by atoms with Crippen molar-refractivity contribution in [1.29, 1.82) is 0 Å². The molecule has 2 aromatic carbocycles. The molecule has 1 N–H and O–H groups in total. The van der Waals surface area contributed by atoms with E-state index in [-0.39, 0.29) is 11.8 Å². The molecule has 0 aliphatic heterocycles. The van der Waals surface area contributed by atoms with Gasteiger partial charge in [0.05, 0.1) is 27.0 Å². The van der Waals surface area contributed by atoms with E-state index in [0.29, 0.717) is 23.6 Å². The molecule has 0 radical (unpaired) electrons. The van der Waals surface area contributed by atoms with Crippen LogP contribution in [0.5, 0.6) is 17.2 Å². The lowest BCUT2D eigenvalue weighted by Gasteiger charge is -2.25. The van der Waals surface area contributed by atoms with Crippen molar-refractivity contribution < 1.29 is 19.0 Å². The van der Waals surface area contributed by atoms with E-state index in [2.05, 4.69) is 17.4 Å². The van der Waals surface area contributed by atoms with Gasteiger partial charge in [-0.3, -0.25) is 4.79 Å². The lowest BCUT2D eigenvalue weighted by Crippen LogP contribution is -2.19. The molecular weight excluding hydrogens is 330 g/mol. The van der Waals surface area contributed by atoms with E-state index in [9.17, 15) is 4.79 Å². The first-order valence-electron chi connectivity index (χ1n) is 8.83. The van der Waals surface area contributed by atoms with Gasteiger partial charge in [-0.05, 0) is 60.6 Å². The molecule has 1 aliphatic carbocycles. The highest BCUT2D eigenvalue weighted by Crippen LogP contribution is 2.36. The van der Waals surface area contributed by atoms with Crippen LogP contribution in [0.3, 0.4) is 0 Å². The largest absolute Gasteiger partial charge is 0.497 e. The molecule has 0 spiro atoms. The summed E-state index contributed by atoms with van der Waals surface area (Å²) in [6.07, 6.45) is 3.58. The lowest BCUT2D eigenvalue weighted by atomic mass is 9.81. The minimum Gasteiger partial charge on any atom is -0.497 e. The molecule has 0 saturated carbocycles. The Morgan fingerprint density at radius 3 is 2.50 bits per heavy atom. The second-order valence-corrected chi connectivity index (χ2v) is 6.47. The van der Waals surface area contributed by atoms with Crippen molar-refractivity contribution in [1.82, 2.24) is 0 Å². The number of hydrogen-bond donors (Lipinski definition) is 1. The second kappa shape index (κ2) is 8.13. The molecule has 5 heteroatoms. The van der Waals surface area contributed by atoms with Crippen LogP contribution in [0.15, 0.2) is 36.4 Å². The minimum atomic E-state index is -0.0229. The topological polar surface area (TPSA) is 56.8 Å². The number of anilines is 1. The molecular formula is C21H25NO4. The molecule has 1 unspecified atom stereocenters.